The van der Waals surface area contributed by atoms with Gasteiger partial charge in [-0.05, 0) is 29.3 Å². The van der Waals surface area contributed by atoms with E-state index in [0.717, 1.165) is 47.7 Å². The van der Waals surface area contributed by atoms with E-state index < -0.39 is 0 Å². The highest BCUT2D eigenvalue weighted by atomic mass is 32.2. The average molecular weight is 439 g/mol. The lowest BCUT2D eigenvalue weighted by molar-refractivity contribution is 0.414. The van der Waals surface area contributed by atoms with Crippen molar-refractivity contribution < 1.29 is 4.74 Å². The van der Waals surface area contributed by atoms with E-state index in [1.54, 1.807) is 30.6 Å². The van der Waals surface area contributed by atoms with Crippen molar-refractivity contribution in [1.82, 2.24) is 4.57 Å². The van der Waals surface area contributed by atoms with Crippen molar-refractivity contribution in [3.05, 3.63) is 91.5 Å². The van der Waals surface area contributed by atoms with Gasteiger partial charge in [-0.2, -0.15) is 0 Å². The van der Waals surface area contributed by atoms with Crippen molar-refractivity contribution in [1.29, 1.82) is 0 Å². The van der Waals surface area contributed by atoms with Gasteiger partial charge in [0.25, 0.3) is 5.56 Å². The van der Waals surface area contributed by atoms with Gasteiger partial charge in [-0.1, -0.05) is 53.8 Å². The molecule has 146 valence electrons. The number of aromatic nitrogens is 1. The molecule has 3 aromatic rings. The van der Waals surface area contributed by atoms with Crippen molar-refractivity contribution in [3.8, 4) is 5.75 Å². The molecule has 2 aliphatic rings. The van der Waals surface area contributed by atoms with Crippen LogP contribution in [0.2, 0.25) is 0 Å². The largest absolute Gasteiger partial charge is 0.497 e. The van der Waals surface area contributed by atoms with Crippen LogP contribution in [0.4, 0.5) is 0 Å². The molecule has 1 saturated heterocycles. The molecule has 1 aromatic heterocycles. The number of thiazole rings is 1. The normalized spacial score (nSPS) is 18.2. The Morgan fingerprint density at radius 2 is 1.76 bits per heavy atom. The molecule has 3 heterocycles. The van der Waals surface area contributed by atoms with Crippen LogP contribution in [0.5, 0.6) is 5.75 Å². The Hall–Kier alpha value is -2.22. The molecule has 0 radical (unpaired) electrons. The fraction of sp³-hybridized carbons (Fsp3) is 0.182. The molecule has 2 aliphatic heterocycles. The van der Waals surface area contributed by atoms with Crippen LogP contribution in [0.1, 0.15) is 17.2 Å². The zero-order valence-electron chi connectivity index (χ0n) is 15.7. The van der Waals surface area contributed by atoms with Crippen LogP contribution in [-0.4, -0.2) is 23.2 Å². The van der Waals surface area contributed by atoms with Gasteiger partial charge in [0.15, 0.2) is 4.80 Å². The van der Waals surface area contributed by atoms with Crippen molar-refractivity contribution in [2.75, 3.05) is 18.6 Å². The van der Waals surface area contributed by atoms with Gasteiger partial charge in [-0.15, -0.1) is 23.5 Å². The quantitative estimate of drug-likeness (QED) is 0.625. The highest BCUT2D eigenvalue weighted by Gasteiger charge is 2.24. The number of hydrogen-bond acceptors (Lipinski definition) is 6. The first-order valence-corrected chi connectivity index (χ1v) is 12.0. The Balaban J connectivity index is 1.74. The molecule has 0 unspecified atom stereocenters. The standard InChI is InChI=1S/C22H18N2O2S3/c1-26-16-9-7-15(8-10-16)18-13-17(14-5-3-2-4-6-14)23-22-24(18)20(25)19(29-22)21-27-11-12-28-21/h2-10,13,18H,11-12H2,1H3/t18-/m1/s1. The third-order valence-electron chi connectivity index (χ3n) is 4.88. The first-order chi connectivity index (χ1) is 14.2. The lowest BCUT2D eigenvalue weighted by Gasteiger charge is -2.20. The number of allylic oxidation sites excluding steroid dienone is 1. The fourth-order valence-electron chi connectivity index (χ4n) is 3.45. The van der Waals surface area contributed by atoms with E-state index in [1.165, 1.54) is 11.3 Å². The minimum absolute atomic E-state index is 0.0508. The Bertz CT molecular complexity index is 1250. The van der Waals surface area contributed by atoms with Crippen LogP contribution < -0.4 is 19.6 Å². The van der Waals surface area contributed by atoms with E-state index in [4.69, 9.17) is 9.73 Å². The Labute approximate surface area is 180 Å². The summed E-state index contributed by atoms with van der Waals surface area (Å²) in [6.07, 6.45) is 2.08. The summed E-state index contributed by atoms with van der Waals surface area (Å²) < 4.78 is 9.08. The molecule has 2 aromatic carbocycles. The maximum absolute atomic E-state index is 13.4. The molecule has 0 amide bonds. The molecule has 0 spiro atoms. The Morgan fingerprint density at radius 1 is 1.03 bits per heavy atom. The monoisotopic (exact) mass is 438 g/mol. The van der Waals surface area contributed by atoms with Crippen LogP contribution in [0.25, 0.3) is 9.93 Å². The van der Waals surface area contributed by atoms with E-state index in [-0.39, 0.29) is 11.6 Å². The van der Waals surface area contributed by atoms with E-state index in [0.29, 0.717) is 0 Å². The second-order valence-corrected chi connectivity index (χ2v) is 10.1. The molecule has 5 rings (SSSR count). The Kier molecular flexibility index (Phi) is 5.11. The number of methoxy groups -OCH3 is 1. The van der Waals surface area contributed by atoms with E-state index in [2.05, 4.69) is 18.2 Å². The number of rotatable bonds is 3. The zero-order chi connectivity index (χ0) is 19.8. The molecule has 29 heavy (non-hydrogen) atoms. The SMILES string of the molecule is COc1ccc([C@H]2C=C(c3ccccc3)N=c3sc(=C4SCCS4)c(=O)n32)cc1. The maximum Gasteiger partial charge on any atom is 0.272 e. The van der Waals surface area contributed by atoms with E-state index in [9.17, 15) is 4.79 Å². The number of thioether (sulfide) groups is 2. The predicted molar refractivity (Wildman–Crippen MR) is 123 cm³/mol. The fourth-order valence-corrected chi connectivity index (χ4v) is 7.25. The third kappa shape index (κ3) is 3.47. The van der Waals surface area contributed by atoms with Gasteiger partial charge in [0.05, 0.1) is 23.1 Å². The highest BCUT2D eigenvalue weighted by molar-refractivity contribution is 8.32. The summed E-state index contributed by atoms with van der Waals surface area (Å²) in [5, 5.41) is 0. The van der Waals surface area contributed by atoms with Crippen LogP contribution >= 0.6 is 34.9 Å². The number of ether oxygens (including phenoxy) is 1. The number of nitrogens with zero attached hydrogens (tertiary/aromatic N) is 2. The summed E-state index contributed by atoms with van der Waals surface area (Å²) in [6.45, 7) is 0. The smallest absolute Gasteiger partial charge is 0.272 e. The first-order valence-electron chi connectivity index (χ1n) is 9.26. The predicted octanol–water partition coefficient (Wildman–Crippen LogP) is 3.73. The topological polar surface area (TPSA) is 43.6 Å². The molecule has 7 heteroatoms. The average Bonchev–Trinajstić information content (AvgIpc) is 3.42. The lowest BCUT2D eigenvalue weighted by atomic mass is 10.0. The highest BCUT2D eigenvalue weighted by Crippen LogP contribution is 2.36. The summed E-state index contributed by atoms with van der Waals surface area (Å²) in [5.74, 6) is 2.91. The summed E-state index contributed by atoms with van der Waals surface area (Å²) in [4.78, 5) is 19.0. The number of fused-ring (bicyclic) bond motifs is 1. The van der Waals surface area contributed by atoms with E-state index >= 15 is 0 Å². The maximum atomic E-state index is 13.4. The van der Waals surface area contributed by atoms with Crippen molar-refractivity contribution in [3.63, 3.8) is 0 Å². The van der Waals surface area contributed by atoms with Crippen LogP contribution in [0.15, 0.2) is 70.5 Å². The van der Waals surface area contributed by atoms with Gasteiger partial charge in [0.1, 0.15) is 10.3 Å². The van der Waals surface area contributed by atoms with E-state index in [1.807, 2.05) is 47.0 Å². The van der Waals surface area contributed by atoms with Crippen LogP contribution in [-0.2, 0) is 0 Å². The minimum Gasteiger partial charge on any atom is -0.497 e. The molecule has 0 saturated carbocycles. The van der Waals surface area contributed by atoms with Gasteiger partial charge in [-0.3, -0.25) is 9.36 Å². The second-order valence-electron chi connectivity index (χ2n) is 6.62. The molecule has 0 N–H and O–H groups in total. The van der Waals surface area contributed by atoms with Crippen LogP contribution in [0.3, 0.4) is 0 Å². The van der Waals surface area contributed by atoms with Crippen molar-refractivity contribution in [2.24, 2.45) is 4.99 Å². The second kappa shape index (κ2) is 7.89. The molecular weight excluding hydrogens is 420 g/mol. The van der Waals surface area contributed by atoms with Gasteiger partial charge in [-0.25, -0.2) is 4.99 Å². The number of hydrogen-bond donors (Lipinski definition) is 0. The number of benzene rings is 2. The Morgan fingerprint density at radius 3 is 2.45 bits per heavy atom. The molecular formula is C22H18N2O2S3. The van der Waals surface area contributed by atoms with Gasteiger partial charge in [0.2, 0.25) is 0 Å². The molecule has 4 nitrogen and oxygen atoms in total. The summed E-state index contributed by atoms with van der Waals surface area (Å²) >= 11 is 5.05. The molecule has 1 fully saturated rings. The van der Waals surface area contributed by atoms with Crippen molar-refractivity contribution >= 4 is 44.8 Å². The zero-order valence-corrected chi connectivity index (χ0v) is 18.2. The summed E-state index contributed by atoms with van der Waals surface area (Å²) in [5.41, 5.74) is 3.04. The third-order valence-corrected chi connectivity index (χ3v) is 8.91. The molecule has 0 bridgehead atoms. The van der Waals surface area contributed by atoms with Gasteiger partial charge >= 0.3 is 0 Å². The first kappa shape index (κ1) is 18.8. The molecule has 1 atom stereocenters. The summed E-state index contributed by atoms with van der Waals surface area (Å²) in [6, 6.07) is 17.9. The van der Waals surface area contributed by atoms with Crippen molar-refractivity contribution in [2.45, 2.75) is 6.04 Å². The lowest BCUT2D eigenvalue weighted by Crippen LogP contribution is -2.36. The molecule has 0 aliphatic carbocycles. The minimum atomic E-state index is -0.196. The van der Waals surface area contributed by atoms with Gasteiger partial charge in [0, 0.05) is 11.5 Å². The van der Waals surface area contributed by atoms with Crippen LogP contribution in [0, 0.1) is 0 Å². The van der Waals surface area contributed by atoms with Gasteiger partial charge < -0.3 is 4.74 Å². The summed E-state index contributed by atoms with van der Waals surface area (Å²) in [7, 11) is 1.66.